The number of hydroxylamine groups is 1. The Kier molecular flexibility index (Phi) is 8.58. The Morgan fingerprint density at radius 1 is 1.30 bits per heavy atom. The molecule has 7 nitrogen and oxygen atoms in total. The van der Waals surface area contributed by atoms with Crippen molar-refractivity contribution in [3.8, 4) is 12.3 Å². The van der Waals surface area contributed by atoms with Crippen molar-refractivity contribution in [2.45, 2.75) is 44.5 Å². The molecule has 12 heteroatoms. The molecular weight excluding hydrogens is 375 g/mol. The molecule has 1 aromatic rings. The molecule has 0 aliphatic carbocycles. The van der Waals surface area contributed by atoms with E-state index in [1.807, 2.05) is 6.92 Å². The van der Waals surface area contributed by atoms with Gasteiger partial charge in [-0.05, 0) is 19.4 Å². The molecule has 0 saturated heterocycles. The first kappa shape index (κ1) is 22.8. The molecule has 0 aromatic carbocycles. The zero-order valence-corrected chi connectivity index (χ0v) is 14.9. The third-order valence-corrected chi connectivity index (χ3v) is 3.21. The van der Waals surface area contributed by atoms with Crippen LogP contribution in [0.25, 0.3) is 0 Å². The van der Waals surface area contributed by atoms with Crippen LogP contribution < -0.4 is 15.7 Å². The van der Waals surface area contributed by atoms with E-state index in [9.17, 15) is 22.0 Å². The van der Waals surface area contributed by atoms with Crippen molar-refractivity contribution in [3.05, 3.63) is 6.33 Å². The van der Waals surface area contributed by atoms with Gasteiger partial charge in [0, 0.05) is 13.5 Å². The van der Waals surface area contributed by atoms with Crippen molar-refractivity contribution < 1.29 is 26.8 Å². The lowest BCUT2D eigenvalue weighted by Crippen LogP contribution is -2.36. The molecule has 2 N–H and O–H groups in total. The summed E-state index contributed by atoms with van der Waals surface area (Å²) < 4.78 is 61.9. The second-order valence-corrected chi connectivity index (χ2v) is 5.44. The van der Waals surface area contributed by atoms with E-state index >= 15 is 0 Å². The van der Waals surface area contributed by atoms with Crippen LogP contribution in [0.4, 0.5) is 33.8 Å². The fourth-order valence-electron chi connectivity index (χ4n) is 1.77. The summed E-state index contributed by atoms with van der Waals surface area (Å²) in [5.74, 6) is -2.11. The molecule has 0 spiro atoms. The lowest BCUT2D eigenvalue weighted by Gasteiger charge is -2.21. The van der Waals surface area contributed by atoms with Gasteiger partial charge in [0.05, 0.1) is 6.61 Å². The Morgan fingerprint density at radius 2 is 2.00 bits per heavy atom. The van der Waals surface area contributed by atoms with Crippen molar-refractivity contribution in [1.29, 1.82) is 0 Å². The topological polar surface area (TPSA) is 75.2 Å². The number of nitrogens with zero attached hydrogens (tertiary/aromatic N) is 4. The first-order chi connectivity index (χ1) is 12.6. The average molecular weight is 396 g/mol. The summed E-state index contributed by atoms with van der Waals surface area (Å²) >= 11 is 0. The molecule has 0 aliphatic heterocycles. The van der Waals surface area contributed by atoms with Crippen LogP contribution in [-0.4, -0.2) is 53.4 Å². The monoisotopic (exact) mass is 396 g/mol. The Labute approximate surface area is 153 Å². The van der Waals surface area contributed by atoms with E-state index < -0.39 is 31.1 Å². The summed E-state index contributed by atoms with van der Waals surface area (Å²) in [4.78, 5) is 16.9. The third-order valence-electron chi connectivity index (χ3n) is 3.21. The molecule has 1 atom stereocenters. The maximum Gasteiger partial charge on any atom is 0.453 e. The predicted molar refractivity (Wildman–Crippen MR) is 89.0 cm³/mol. The highest BCUT2D eigenvalue weighted by atomic mass is 19.4. The normalized spacial score (nSPS) is 13.1. The van der Waals surface area contributed by atoms with Gasteiger partial charge in [0.15, 0.2) is 0 Å². The SMILES string of the molecule is C#CC(NCCC)Nc1ncnc(N(C)OCCCC(F)(F)C(F)(F)F)n1. The standard InChI is InChI=1S/C15H21F5N6O/c1-4-8-21-11(5-2)24-12-22-10-23-13(25-12)26(3)27-9-6-7-14(16,17)15(18,19)20/h2,10-11,21H,4,6-9H2,1,3H3,(H,22,23,24,25). The minimum atomic E-state index is -5.58. The second-order valence-electron chi connectivity index (χ2n) is 5.44. The van der Waals surface area contributed by atoms with E-state index in [2.05, 4.69) is 31.5 Å². The number of hydrogen-bond donors (Lipinski definition) is 2. The number of hydrogen-bond acceptors (Lipinski definition) is 7. The Hall–Kier alpha value is -2.26. The van der Waals surface area contributed by atoms with Crippen LogP contribution in [0.15, 0.2) is 6.33 Å². The third kappa shape index (κ3) is 7.48. The number of rotatable bonds is 11. The molecule has 152 valence electrons. The summed E-state index contributed by atoms with van der Waals surface area (Å²) in [5.41, 5.74) is 0. The first-order valence-electron chi connectivity index (χ1n) is 8.07. The molecule has 0 aliphatic rings. The van der Waals surface area contributed by atoms with Crippen LogP contribution in [0.3, 0.4) is 0 Å². The number of aromatic nitrogens is 3. The molecule has 0 fully saturated rings. The van der Waals surface area contributed by atoms with E-state index in [1.165, 1.54) is 13.4 Å². The van der Waals surface area contributed by atoms with Crippen LogP contribution in [0.2, 0.25) is 0 Å². The molecule has 0 radical (unpaired) electrons. The number of halogens is 5. The van der Waals surface area contributed by atoms with Crippen LogP contribution in [0.5, 0.6) is 0 Å². The lowest BCUT2D eigenvalue weighted by molar-refractivity contribution is -0.285. The first-order valence-corrected chi connectivity index (χ1v) is 8.07. The lowest BCUT2D eigenvalue weighted by atomic mass is 10.2. The van der Waals surface area contributed by atoms with Crippen LogP contribution in [0.1, 0.15) is 26.2 Å². The zero-order valence-electron chi connectivity index (χ0n) is 14.9. The Morgan fingerprint density at radius 3 is 2.59 bits per heavy atom. The van der Waals surface area contributed by atoms with Crippen LogP contribution in [0, 0.1) is 12.3 Å². The molecule has 0 amide bonds. The number of alkyl halides is 5. The van der Waals surface area contributed by atoms with E-state index in [4.69, 9.17) is 11.3 Å². The molecule has 0 saturated carbocycles. The van der Waals surface area contributed by atoms with Gasteiger partial charge in [-0.2, -0.15) is 31.9 Å². The fraction of sp³-hybridized carbons (Fsp3) is 0.667. The van der Waals surface area contributed by atoms with Gasteiger partial charge in [0.2, 0.25) is 5.95 Å². The highest BCUT2D eigenvalue weighted by molar-refractivity contribution is 5.35. The molecule has 1 rings (SSSR count). The summed E-state index contributed by atoms with van der Waals surface area (Å²) in [7, 11) is 1.38. The second kappa shape index (κ2) is 10.2. The van der Waals surface area contributed by atoms with Gasteiger partial charge >= 0.3 is 12.1 Å². The molecule has 27 heavy (non-hydrogen) atoms. The molecule has 1 unspecified atom stereocenters. The highest BCUT2D eigenvalue weighted by Crippen LogP contribution is 2.38. The fourth-order valence-corrected chi connectivity index (χ4v) is 1.77. The van der Waals surface area contributed by atoms with Gasteiger partial charge in [0.1, 0.15) is 12.5 Å². The Balaban J connectivity index is 2.54. The van der Waals surface area contributed by atoms with Crippen molar-refractivity contribution in [1.82, 2.24) is 20.3 Å². The van der Waals surface area contributed by atoms with Gasteiger partial charge < -0.3 is 5.32 Å². The summed E-state index contributed by atoms with van der Waals surface area (Å²) in [5, 5.41) is 6.92. The van der Waals surface area contributed by atoms with E-state index in [-0.39, 0.29) is 18.5 Å². The maximum atomic E-state index is 12.8. The summed E-state index contributed by atoms with van der Waals surface area (Å²) in [6.45, 7) is 2.27. The average Bonchev–Trinajstić information content (AvgIpc) is 2.61. The largest absolute Gasteiger partial charge is 0.453 e. The van der Waals surface area contributed by atoms with Crippen LogP contribution in [-0.2, 0) is 4.84 Å². The predicted octanol–water partition coefficient (Wildman–Crippen LogP) is 2.59. The number of terminal acetylenes is 1. The van der Waals surface area contributed by atoms with Gasteiger partial charge in [-0.25, -0.2) is 10.0 Å². The minimum absolute atomic E-state index is 0.0290. The van der Waals surface area contributed by atoms with Crippen molar-refractivity contribution in [2.24, 2.45) is 0 Å². The molecule has 0 bridgehead atoms. The van der Waals surface area contributed by atoms with Gasteiger partial charge in [-0.3, -0.25) is 10.2 Å². The van der Waals surface area contributed by atoms with E-state index in [1.54, 1.807) is 0 Å². The highest BCUT2D eigenvalue weighted by Gasteiger charge is 2.56. The van der Waals surface area contributed by atoms with Crippen molar-refractivity contribution in [3.63, 3.8) is 0 Å². The number of anilines is 2. The Bertz CT molecular complexity index is 621. The minimum Gasteiger partial charge on any atom is -0.328 e. The molecule has 1 aromatic heterocycles. The van der Waals surface area contributed by atoms with E-state index in [0.717, 1.165) is 11.5 Å². The van der Waals surface area contributed by atoms with E-state index in [0.29, 0.717) is 6.54 Å². The molecular formula is C15H21F5N6O. The van der Waals surface area contributed by atoms with Gasteiger partial charge in [0.25, 0.3) is 5.95 Å². The van der Waals surface area contributed by atoms with Crippen molar-refractivity contribution in [2.75, 3.05) is 30.6 Å². The van der Waals surface area contributed by atoms with Crippen LogP contribution >= 0.6 is 0 Å². The maximum absolute atomic E-state index is 12.8. The number of nitrogens with one attached hydrogen (secondary N) is 2. The summed E-state index contributed by atoms with van der Waals surface area (Å²) in [6, 6.07) is 0. The van der Waals surface area contributed by atoms with Gasteiger partial charge in [-0.15, -0.1) is 6.42 Å². The molecule has 1 heterocycles. The quantitative estimate of drug-likeness (QED) is 0.196. The van der Waals surface area contributed by atoms with Crippen molar-refractivity contribution >= 4 is 11.9 Å². The summed E-state index contributed by atoms with van der Waals surface area (Å²) in [6.07, 6.45) is -0.547. The zero-order chi connectivity index (χ0) is 20.5. The van der Waals surface area contributed by atoms with Gasteiger partial charge in [-0.1, -0.05) is 12.8 Å². The smallest absolute Gasteiger partial charge is 0.328 e.